The van der Waals surface area contributed by atoms with Crippen LogP contribution in [0, 0.1) is 5.92 Å². The Morgan fingerprint density at radius 2 is 2.17 bits per heavy atom. The van der Waals surface area contributed by atoms with Crippen LogP contribution in [0.25, 0.3) is 0 Å². The third-order valence-corrected chi connectivity index (χ3v) is 4.18. The van der Waals surface area contributed by atoms with Gasteiger partial charge in [-0.3, -0.25) is 4.79 Å². The van der Waals surface area contributed by atoms with Crippen molar-refractivity contribution in [3.63, 3.8) is 0 Å². The molecule has 0 aromatic heterocycles. The standard InChI is InChI=1S/C15H20BrNO/c1-11-6-7-12(2)17(10-11)15(18)9-13-4-3-5-14(16)8-13/h3-5,8,11-12H,6-7,9-10H2,1-2H3/t11-,12+/m1/s1. The lowest BCUT2D eigenvalue weighted by Gasteiger charge is -2.37. The number of piperidine rings is 1. The molecule has 1 aliphatic rings. The molecule has 2 rings (SSSR count). The highest BCUT2D eigenvalue weighted by molar-refractivity contribution is 9.10. The molecule has 1 fully saturated rings. The molecule has 1 amide bonds. The maximum Gasteiger partial charge on any atom is 0.227 e. The zero-order valence-corrected chi connectivity index (χ0v) is 12.6. The molecule has 0 radical (unpaired) electrons. The molecule has 0 N–H and O–H groups in total. The largest absolute Gasteiger partial charge is 0.339 e. The molecule has 1 aromatic carbocycles. The van der Waals surface area contributed by atoms with E-state index in [4.69, 9.17) is 0 Å². The number of amides is 1. The van der Waals surface area contributed by atoms with Crippen molar-refractivity contribution in [2.24, 2.45) is 5.92 Å². The van der Waals surface area contributed by atoms with Crippen LogP contribution in [0.1, 0.15) is 32.3 Å². The van der Waals surface area contributed by atoms with E-state index in [0.717, 1.165) is 23.0 Å². The number of halogens is 1. The van der Waals surface area contributed by atoms with Gasteiger partial charge in [0.2, 0.25) is 5.91 Å². The summed E-state index contributed by atoms with van der Waals surface area (Å²) < 4.78 is 1.04. The van der Waals surface area contributed by atoms with Gasteiger partial charge < -0.3 is 4.90 Å². The summed E-state index contributed by atoms with van der Waals surface area (Å²) in [6, 6.07) is 8.39. The average molecular weight is 310 g/mol. The number of hydrogen-bond acceptors (Lipinski definition) is 1. The van der Waals surface area contributed by atoms with Gasteiger partial charge in [0.25, 0.3) is 0 Å². The minimum Gasteiger partial charge on any atom is -0.339 e. The molecule has 2 atom stereocenters. The third kappa shape index (κ3) is 3.35. The van der Waals surface area contributed by atoms with Gasteiger partial charge >= 0.3 is 0 Å². The zero-order chi connectivity index (χ0) is 13.1. The molecular formula is C15H20BrNO. The Morgan fingerprint density at radius 3 is 2.89 bits per heavy atom. The lowest BCUT2D eigenvalue weighted by molar-refractivity contribution is -0.134. The zero-order valence-electron chi connectivity index (χ0n) is 11.0. The molecule has 1 saturated heterocycles. The van der Waals surface area contributed by atoms with Gasteiger partial charge in [-0.25, -0.2) is 0 Å². The molecule has 0 aliphatic carbocycles. The van der Waals surface area contributed by atoms with Crippen LogP contribution in [-0.4, -0.2) is 23.4 Å². The lowest BCUT2D eigenvalue weighted by atomic mass is 9.94. The van der Waals surface area contributed by atoms with Crippen LogP contribution >= 0.6 is 15.9 Å². The molecule has 0 unspecified atom stereocenters. The molecule has 18 heavy (non-hydrogen) atoms. The molecule has 2 nitrogen and oxygen atoms in total. The number of nitrogens with zero attached hydrogens (tertiary/aromatic N) is 1. The molecule has 1 aliphatic heterocycles. The molecule has 0 bridgehead atoms. The minimum absolute atomic E-state index is 0.257. The van der Waals surface area contributed by atoms with Crippen molar-refractivity contribution < 1.29 is 4.79 Å². The SMILES string of the molecule is C[C@@H]1CC[C@H](C)N(C(=O)Cc2cccc(Br)c2)C1. The van der Waals surface area contributed by atoms with Crippen molar-refractivity contribution in [2.45, 2.75) is 39.2 Å². The van der Waals surface area contributed by atoms with Gasteiger partial charge in [0.15, 0.2) is 0 Å². The Labute approximate surface area is 117 Å². The predicted octanol–water partition coefficient (Wildman–Crippen LogP) is 3.64. The maximum absolute atomic E-state index is 12.3. The first kappa shape index (κ1) is 13.6. The Morgan fingerprint density at radius 1 is 1.39 bits per heavy atom. The van der Waals surface area contributed by atoms with E-state index in [1.54, 1.807) is 0 Å². The lowest BCUT2D eigenvalue weighted by Crippen LogP contribution is -2.45. The second-order valence-electron chi connectivity index (χ2n) is 5.38. The van der Waals surface area contributed by atoms with Crippen LogP contribution in [0.2, 0.25) is 0 Å². The maximum atomic E-state index is 12.3. The van der Waals surface area contributed by atoms with Crippen LogP contribution in [0.3, 0.4) is 0 Å². The number of carbonyl (C=O) groups is 1. The summed E-state index contributed by atoms with van der Waals surface area (Å²) >= 11 is 3.44. The molecule has 98 valence electrons. The fraction of sp³-hybridized carbons (Fsp3) is 0.533. The van der Waals surface area contributed by atoms with E-state index in [1.165, 1.54) is 6.42 Å². The summed E-state index contributed by atoms with van der Waals surface area (Å²) in [7, 11) is 0. The van der Waals surface area contributed by atoms with Gasteiger partial charge in [-0.15, -0.1) is 0 Å². The summed E-state index contributed by atoms with van der Waals surface area (Å²) in [5.74, 6) is 0.889. The predicted molar refractivity (Wildman–Crippen MR) is 77.4 cm³/mol. The highest BCUT2D eigenvalue weighted by atomic mass is 79.9. The van der Waals surface area contributed by atoms with Gasteiger partial charge in [-0.2, -0.15) is 0 Å². The number of rotatable bonds is 2. The minimum atomic E-state index is 0.257. The first-order valence-corrected chi connectivity index (χ1v) is 7.39. The van der Waals surface area contributed by atoms with Gasteiger partial charge in [0.05, 0.1) is 6.42 Å². The van der Waals surface area contributed by atoms with Gasteiger partial charge in [0, 0.05) is 17.1 Å². The van der Waals surface area contributed by atoms with E-state index >= 15 is 0 Å². The van der Waals surface area contributed by atoms with E-state index in [1.807, 2.05) is 24.3 Å². The van der Waals surface area contributed by atoms with Crippen LogP contribution in [0.15, 0.2) is 28.7 Å². The summed E-state index contributed by atoms with van der Waals surface area (Å²) in [5.41, 5.74) is 1.08. The molecular weight excluding hydrogens is 290 g/mol. The Kier molecular flexibility index (Phi) is 4.44. The first-order valence-electron chi connectivity index (χ1n) is 6.60. The molecule has 0 saturated carbocycles. The van der Waals surface area contributed by atoms with Crippen LogP contribution in [0.4, 0.5) is 0 Å². The van der Waals surface area contributed by atoms with Crippen molar-refractivity contribution in [3.8, 4) is 0 Å². The highest BCUT2D eigenvalue weighted by Crippen LogP contribution is 2.22. The van der Waals surface area contributed by atoms with Crippen LogP contribution < -0.4 is 0 Å². The Balaban J connectivity index is 2.02. The summed E-state index contributed by atoms with van der Waals surface area (Å²) in [6.07, 6.45) is 2.88. The number of hydrogen-bond donors (Lipinski definition) is 0. The van der Waals surface area contributed by atoms with Gasteiger partial charge in [-0.05, 0) is 43.4 Å². The van der Waals surface area contributed by atoms with Gasteiger partial charge in [-0.1, -0.05) is 35.0 Å². The summed E-state index contributed by atoms with van der Waals surface area (Å²) in [4.78, 5) is 14.4. The summed E-state index contributed by atoms with van der Waals surface area (Å²) in [6.45, 7) is 5.30. The van der Waals surface area contributed by atoms with Crippen molar-refractivity contribution in [3.05, 3.63) is 34.3 Å². The molecule has 1 aromatic rings. The van der Waals surface area contributed by atoms with Gasteiger partial charge in [0.1, 0.15) is 0 Å². The van der Waals surface area contributed by atoms with Crippen LogP contribution in [0.5, 0.6) is 0 Å². The Bertz CT molecular complexity index is 432. The second-order valence-corrected chi connectivity index (χ2v) is 6.30. The van der Waals surface area contributed by atoms with E-state index in [2.05, 4.69) is 34.7 Å². The summed E-state index contributed by atoms with van der Waals surface area (Å²) in [5, 5.41) is 0. The number of likely N-dealkylation sites (tertiary alicyclic amines) is 1. The number of carbonyl (C=O) groups excluding carboxylic acids is 1. The monoisotopic (exact) mass is 309 g/mol. The number of benzene rings is 1. The van der Waals surface area contributed by atoms with Crippen LogP contribution in [-0.2, 0) is 11.2 Å². The molecule has 0 spiro atoms. The van der Waals surface area contributed by atoms with Crippen molar-refractivity contribution in [1.82, 2.24) is 4.90 Å². The van der Waals surface area contributed by atoms with E-state index in [-0.39, 0.29) is 5.91 Å². The molecule has 3 heteroatoms. The second kappa shape index (κ2) is 5.87. The van der Waals surface area contributed by atoms with E-state index < -0.39 is 0 Å². The smallest absolute Gasteiger partial charge is 0.227 e. The first-order chi connectivity index (χ1) is 8.56. The van der Waals surface area contributed by atoms with E-state index in [9.17, 15) is 4.79 Å². The van der Waals surface area contributed by atoms with E-state index in [0.29, 0.717) is 18.4 Å². The fourth-order valence-corrected chi connectivity index (χ4v) is 3.01. The van der Waals surface area contributed by atoms with Crippen molar-refractivity contribution >= 4 is 21.8 Å². The highest BCUT2D eigenvalue weighted by Gasteiger charge is 2.26. The molecule has 1 heterocycles. The topological polar surface area (TPSA) is 20.3 Å². The quantitative estimate of drug-likeness (QED) is 0.817. The van der Waals surface area contributed by atoms with Crippen molar-refractivity contribution in [1.29, 1.82) is 0 Å². The van der Waals surface area contributed by atoms with Crippen molar-refractivity contribution in [2.75, 3.05) is 6.54 Å². The average Bonchev–Trinajstić information content (AvgIpc) is 2.32. The fourth-order valence-electron chi connectivity index (χ4n) is 2.56. The third-order valence-electron chi connectivity index (χ3n) is 3.68. The normalized spacial score (nSPS) is 24.1. The Hall–Kier alpha value is -0.830.